The van der Waals surface area contributed by atoms with E-state index in [2.05, 4.69) is 10.3 Å². The van der Waals surface area contributed by atoms with Crippen LogP contribution in [0.2, 0.25) is 0 Å². The molecule has 2 saturated heterocycles. The van der Waals surface area contributed by atoms with Crippen molar-refractivity contribution in [3.05, 3.63) is 18.3 Å². The number of aromatic nitrogens is 1. The van der Waals surface area contributed by atoms with Crippen LogP contribution in [-0.2, 0) is 9.59 Å². The first-order chi connectivity index (χ1) is 13.1. The molecule has 2 aliphatic heterocycles. The lowest BCUT2D eigenvalue weighted by molar-refractivity contribution is -0.152. The Morgan fingerprint density at radius 3 is 2.22 bits per heavy atom. The molecule has 2 aliphatic rings. The Bertz CT molecular complexity index is 697. The number of anilines is 1. The molecule has 3 rings (SSSR count). The lowest BCUT2D eigenvalue weighted by Crippen LogP contribution is -2.54. The topological polar surface area (TPSA) is 95.1 Å². The highest BCUT2D eigenvalue weighted by atomic mass is 16.5. The van der Waals surface area contributed by atoms with Crippen molar-refractivity contribution in [1.29, 1.82) is 0 Å². The van der Waals surface area contributed by atoms with Gasteiger partial charge in [-0.25, -0.2) is 9.78 Å². The summed E-state index contributed by atoms with van der Waals surface area (Å²) in [5.74, 6) is -0.525. The lowest BCUT2D eigenvalue weighted by Gasteiger charge is -2.35. The third kappa shape index (κ3) is 4.47. The van der Waals surface area contributed by atoms with Crippen molar-refractivity contribution in [2.75, 3.05) is 51.2 Å². The fraction of sp³-hybridized carbons (Fsp3) is 0.556. The number of pyridine rings is 1. The summed E-state index contributed by atoms with van der Waals surface area (Å²) >= 11 is 0. The molecule has 27 heavy (non-hydrogen) atoms. The first-order valence-electron chi connectivity index (χ1n) is 9.32. The maximum Gasteiger partial charge on any atom is 0.322 e. The minimum absolute atomic E-state index is 0.276. The molecule has 0 radical (unpaired) electrons. The number of hydrogen-bond donors (Lipinski definition) is 1. The number of amides is 4. The summed E-state index contributed by atoms with van der Waals surface area (Å²) in [6.45, 7) is 5.03. The Kier molecular flexibility index (Phi) is 6.10. The van der Waals surface area contributed by atoms with Crippen LogP contribution in [0.25, 0.3) is 0 Å². The van der Waals surface area contributed by atoms with Gasteiger partial charge in [0.05, 0.1) is 6.61 Å². The Balaban J connectivity index is 1.52. The molecule has 146 valence electrons. The second-order valence-corrected chi connectivity index (χ2v) is 6.50. The van der Waals surface area contributed by atoms with Gasteiger partial charge in [0.2, 0.25) is 5.88 Å². The van der Waals surface area contributed by atoms with Crippen molar-refractivity contribution in [3.8, 4) is 5.88 Å². The molecule has 0 bridgehead atoms. The van der Waals surface area contributed by atoms with Crippen LogP contribution in [0.4, 0.5) is 10.5 Å². The number of likely N-dealkylation sites (tertiary alicyclic amines) is 1. The van der Waals surface area contributed by atoms with Crippen molar-refractivity contribution >= 4 is 23.5 Å². The second-order valence-electron chi connectivity index (χ2n) is 6.50. The number of carbonyl (C=O) groups is 3. The number of ether oxygens (including phenoxy) is 1. The summed E-state index contributed by atoms with van der Waals surface area (Å²) in [6.07, 6.45) is 3.50. The summed E-state index contributed by atoms with van der Waals surface area (Å²) in [5, 5.41) is 2.80. The van der Waals surface area contributed by atoms with Gasteiger partial charge in [-0.3, -0.25) is 9.59 Å². The summed E-state index contributed by atoms with van der Waals surface area (Å²) in [5.41, 5.74) is 0.507. The summed E-state index contributed by atoms with van der Waals surface area (Å²) in [6, 6.07) is 3.17. The molecule has 0 saturated carbocycles. The van der Waals surface area contributed by atoms with Gasteiger partial charge in [0.1, 0.15) is 5.69 Å². The zero-order chi connectivity index (χ0) is 19.2. The fourth-order valence-corrected chi connectivity index (χ4v) is 3.24. The molecule has 1 N–H and O–H groups in total. The molecule has 9 nitrogen and oxygen atoms in total. The molecular formula is C18H25N5O4. The van der Waals surface area contributed by atoms with Crippen LogP contribution >= 0.6 is 0 Å². The third-order valence-electron chi connectivity index (χ3n) is 4.72. The van der Waals surface area contributed by atoms with E-state index >= 15 is 0 Å². The molecule has 9 heteroatoms. The highest BCUT2D eigenvalue weighted by Gasteiger charge is 2.31. The van der Waals surface area contributed by atoms with Gasteiger partial charge < -0.3 is 24.8 Å². The largest absolute Gasteiger partial charge is 0.476 e. The van der Waals surface area contributed by atoms with Gasteiger partial charge >= 0.3 is 17.8 Å². The van der Waals surface area contributed by atoms with E-state index in [1.165, 1.54) is 4.90 Å². The van der Waals surface area contributed by atoms with Gasteiger partial charge in [0.15, 0.2) is 0 Å². The smallest absolute Gasteiger partial charge is 0.322 e. The van der Waals surface area contributed by atoms with Crippen LogP contribution in [-0.4, -0.2) is 83.4 Å². The number of rotatable bonds is 3. The molecule has 0 spiro atoms. The van der Waals surface area contributed by atoms with Crippen molar-refractivity contribution in [2.45, 2.75) is 19.8 Å². The van der Waals surface area contributed by atoms with Gasteiger partial charge in [0, 0.05) is 45.5 Å². The SMILES string of the molecule is CCOc1ncccc1NC(=O)N1CCN(C(=O)C(=O)N2CCCC2)CC1. The molecule has 1 aromatic rings. The van der Waals surface area contributed by atoms with Gasteiger partial charge in [-0.05, 0) is 31.9 Å². The van der Waals surface area contributed by atoms with Crippen LogP contribution in [0.15, 0.2) is 18.3 Å². The van der Waals surface area contributed by atoms with Crippen LogP contribution < -0.4 is 10.1 Å². The van der Waals surface area contributed by atoms with Crippen molar-refractivity contribution in [1.82, 2.24) is 19.7 Å². The van der Waals surface area contributed by atoms with E-state index in [4.69, 9.17) is 4.74 Å². The van der Waals surface area contributed by atoms with E-state index in [1.54, 1.807) is 28.1 Å². The van der Waals surface area contributed by atoms with Crippen LogP contribution in [0, 0.1) is 0 Å². The highest BCUT2D eigenvalue weighted by Crippen LogP contribution is 2.21. The minimum Gasteiger partial charge on any atom is -0.476 e. The first kappa shape index (κ1) is 18.9. The Morgan fingerprint density at radius 2 is 1.59 bits per heavy atom. The molecule has 0 aromatic carbocycles. The van der Waals surface area contributed by atoms with Gasteiger partial charge in [-0.15, -0.1) is 0 Å². The lowest BCUT2D eigenvalue weighted by atomic mass is 10.3. The molecule has 1 aromatic heterocycles. The van der Waals surface area contributed by atoms with E-state index in [-0.39, 0.29) is 6.03 Å². The van der Waals surface area contributed by atoms with Gasteiger partial charge in [-0.1, -0.05) is 0 Å². The second kappa shape index (κ2) is 8.70. The fourth-order valence-electron chi connectivity index (χ4n) is 3.24. The zero-order valence-electron chi connectivity index (χ0n) is 15.5. The Morgan fingerprint density at radius 1 is 1.00 bits per heavy atom. The van der Waals surface area contributed by atoms with E-state index in [1.807, 2.05) is 6.92 Å². The maximum atomic E-state index is 12.5. The molecule has 0 unspecified atom stereocenters. The van der Waals surface area contributed by atoms with Crippen molar-refractivity contribution in [2.24, 2.45) is 0 Å². The number of nitrogens with zero attached hydrogens (tertiary/aromatic N) is 4. The standard InChI is InChI=1S/C18H25N5O4/c1-2-27-15-14(6-5-7-19-15)20-18(26)23-12-10-22(11-13-23)17(25)16(24)21-8-3-4-9-21/h5-7H,2-4,8-13H2,1H3,(H,20,26). The Labute approximate surface area is 158 Å². The maximum absolute atomic E-state index is 12.5. The van der Waals surface area contributed by atoms with Gasteiger partial charge in [0.25, 0.3) is 0 Å². The van der Waals surface area contributed by atoms with Crippen LogP contribution in [0.3, 0.4) is 0 Å². The van der Waals surface area contributed by atoms with Crippen molar-refractivity contribution < 1.29 is 19.1 Å². The average molecular weight is 375 g/mol. The van der Waals surface area contributed by atoms with E-state index < -0.39 is 11.8 Å². The van der Waals surface area contributed by atoms with Crippen LogP contribution in [0.5, 0.6) is 5.88 Å². The molecule has 0 atom stereocenters. The number of piperazine rings is 1. The quantitative estimate of drug-likeness (QED) is 0.788. The number of hydrogen-bond acceptors (Lipinski definition) is 5. The summed E-state index contributed by atoms with van der Waals surface area (Å²) < 4.78 is 5.41. The van der Waals surface area contributed by atoms with E-state index in [9.17, 15) is 14.4 Å². The molecular weight excluding hydrogens is 350 g/mol. The normalized spacial score (nSPS) is 17.0. The predicted molar refractivity (Wildman–Crippen MR) is 98.4 cm³/mol. The minimum atomic E-state index is -0.470. The predicted octanol–water partition coefficient (Wildman–Crippen LogP) is 0.779. The summed E-state index contributed by atoms with van der Waals surface area (Å²) in [7, 11) is 0. The van der Waals surface area contributed by atoms with Crippen LogP contribution in [0.1, 0.15) is 19.8 Å². The number of carbonyl (C=O) groups excluding carboxylic acids is 3. The molecule has 4 amide bonds. The first-order valence-corrected chi connectivity index (χ1v) is 9.32. The zero-order valence-corrected chi connectivity index (χ0v) is 15.5. The Hall–Kier alpha value is -2.84. The highest BCUT2D eigenvalue weighted by molar-refractivity contribution is 6.35. The molecule has 0 aliphatic carbocycles. The third-order valence-corrected chi connectivity index (χ3v) is 4.72. The van der Waals surface area contributed by atoms with E-state index in [0.29, 0.717) is 57.4 Å². The van der Waals surface area contributed by atoms with Crippen molar-refractivity contribution in [3.63, 3.8) is 0 Å². The number of nitrogens with one attached hydrogen (secondary N) is 1. The number of urea groups is 1. The average Bonchev–Trinajstić information content (AvgIpc) is 3.23. The van der Waals surface area contributed by atoms with Gasteiger partial charge in [-0.2, -0.15) is 0 Å². The van der Waals surface area contributed by atoms with E-state index in [0.717, 1.165) is 12.8 Å². The molecule has 3 heterocycles. The monoisotopic (exact) mass is 375 g/mol. The molecule has 2 fully saturated rings. The summed E-state index contributed by atoms with van der Waals surface area (Å²) in [4.78, 5) is 45.9.